The monoisotopic (exact) mass is 403 g/mol. The third kappa shape index (κ3) is 3.51. The normalized spacial score (nSPS) is 18.2. The molecule has 3 nitrogen and oxygen atoms in total. The lowest BCUT2D eigenvalue weighted by atomic mass is 9.99. The van der Waals surface area contributed by atoms with Crippen LogP contribution in [-0.2, 0) is 0 Å². The molecule has 4 rings (SSSR count). The molecule has 1 fully saturated rings. The Balaban J connectivity index is 1.91. The summed E-state index contributed by atoms with van der Waals surface area (Å²) in [6.45, 7) is 14.9. The highest BCUT2D eigenvalue weighted by Crippen LogP contribution is 2.35. The summed E-state index contributed by atoms with van der Waals surface area (Å²) in [4.78, 5) is 4.75. The Morgan fingerprint density at radius 2 is 1.93 bits per heavy atom. The van der Waals surface area contributed by atoms with E-state index in [0.29, 0.717) is 5.02 Å². The molecule has 29 heavy (non-hydrogen) atoms. The average molecular weight is 404 g/mol. The van der Waals surface area contributed by atoms with Gasteiger partial charge in [0.15, 0.2) is 0 Å². The van der Waals surface area contributed by atoms with Crippen molar-refractivity contribution in [3.63, 3.8) is 0 Å². The van der Waals surface area contributed by atoms with Gasteiger partial charge in [0, 0.05) is 33.4 Å². The van der Waals surface area contributed by atoms with Crippen molar-refractivity contribution in [2.75, 3.05) is 0 Å². The minimum atomic E-state index is 0.187. The van der Waals surface area contributed by atoms with Gasteiger partial charge >= 0.3 is 0 Å². The number of halogens is 1. The number of pyridine rings is 1. The molecule has 0 aliphatic carbocycles. The van der Waals surface area contributed by atoms with E-state index in [-0.39, 0.29) is 6.04 Å². The smallest absolute Gasteiger partial charge is 0.0804 e. The molecule has 1 atom stereocenters. The maximum atomic E-state index is 6.26. The molecular formula is C25H26ClN3. The molecule has 148 valence electrons. The maximum Gasteiger partial charge on any atom is 0.0804 e. The highest BCUT2D eigenvalue weighted by Gasteiger charge is 2.30. The van der Waals surface area contributed by atoms with Gasteiger partial charge in [-0.25, -0.2) is 4.98 Å². The number of nitrogens with zero attached hydrogens (tertiary/aromatic N) is 2. The van der Waals surface area contributed by atoms with E-state index < -0.39 is 0 Å². The van der Waals surface area contributed by atoms with Gasteiger partial charge in [0.2, 0.25) is 0 Å². The Labute approximate surface area is 177 Å². The van der Waals surface area contributed by atoms with E-state index in [2.05, 4.69) is 68.6 Å². The van der Waals surface area contributed by atoms with Crippen LogP contribution in [0.4, 0.5) is 0 Å². The number of hydrazine groups is 1. The zero-order valence-corrected chi connectivity index (χ0v) is 18.0. The van der Waals surface area contributed by atoms with Gasteiger partial charge in [-0.2, -0.15) is 0 Å². The number of aryl methyl sites for hydroxylation is 2. The summed E-state index contributed by atoms with van der Waals surface area (Å²) in [5.41, 5.74) is 10.4. The Bertz CT molecular complexity index is 1210. The number of fused-ring (bicyclic) bond motifs is 1. The third-order valence-electron chi connectivity index (χ3n) is 5.76. The van der Waals surface area contributed by atoms with E-state index >= 15 is 0 Å². The summed E-state index contributed by atoms with van der Waals surface area (Å²) < 4.78 is 0. The van der Waals surface area contributed by atoms with E-state index in [4.69, 9.17) is 16.6 Å². The van der Waals surface area contributed by atoms with Crippen LogP contribution in [0.1, 0.15) is 42.5 Å². The first-order chi connectivity index (χ1) is 13.9. The second-order valence-corrected chi connectivity index (χ2v) is 8.17. The first-order valence-electron chi connectivity index (χ1n) is 9.97. The van der Waals surface area contributed by atoms with Crippen LogP contribution in [0.3, 0.4) is 0 Å². The first-order valence-corrected chi connectivity index (χ1v) is 10.3. The Morgan fingerprint density at radius 1 is 1.21 bits per heavy atom. The lowest BCUT2D eigenvalue weighted by Gasteiger charge is -2.27. The Kier molecular flexibility index (Phi) is 5.10. The SMILES string of the molecule is C=C(CC)N1NC(=c2c(C)c3cc(Cl)ccc3nc2=C)CC1c1ccc(C)cc1. The molecule has 1 aromatic heterocycles. The lowest BCUT2D eigenvalue weighted by molar-refractivity contribution is 0.253. The van der Waals surface area contributed by atoms with Crippen molar-refractivity contribution in [3.8, 4) is 0 Å². The minimum absolute atomic E-state index is 0.187. The van der Waals surface area contributed by atoms with E-state index in [0.717, 1.165) is 51.3 Å². The number of benzene rings is 2. The molecular weight excluding hydrogens is 378 g/mol. The van der Waals surface area contributed by atoms with Gasteiger partial charge in [-0.3, -0.25) is 5.01 Å². The molecule has 1 unspecified atom stereocenters. The van der Waals surface area contributed by atoms with Crippen molar-refractivity contribution >= 4 is 34.8 Å². The molecule has 1 saturated heterocycles. The molecule has 0 amide bonds. The van der Waals surface area contributed by atoms with Crippen LogP contribution < -0.4 is 16.0 Å². The number of nitrogens with one attached hydrogen (secondary N) is 1. The second kappa shape index (κ2) is 7.57. The van der Waals surface area contributed by atoms with E-state index in [9.17, 15) is 0 Å². The highest BCUT2D eigenvalue weighted by molar-refractivity contribution is 6.31. The summed E-state index contributed by atoms with van der Waals surface area (Å²) >= 11 is 6.26. The highest BCUT2D eigenvalue weighted by atomic mass is 35.5. The number of allylic oxidation sites excluding steroid dienone is 1. The molecule has 2 aromatic carbocycles. The van der Waals surface area contributed by atoms with Crippen molar-refractivity contribution in [1.29, 1.82) is 0 Å². The minimum Gasteiger partial charge on any atom is -0.301 e. The molecule has 0 radical (unpaired) electrons. The fraction of sp³-hybridized carbons (Fsp3) is 0.240. The van der Waals surface area contributed by atoms with Crippen molar-refractivity contribution in [2.24, 2.45) is 0 Å². The molecule has 4 heteroatoms. The van der Waals surface area contributed by atoms with Crippen LogP contribution >= 0.6 is 11.6 Å². The Morgan fingerprint density at radius 3 is 2.62 bits per heavy atom. The zero-order valence-electron chi connectivity index (χ0n) is 17.2. The standard InChI is InChI=1S/C25H26ClN3/c1-6-16(3)29-24(19-9-7-15(2)8-10-19)14-23(28-29)25-17(4)21-13-20(26)11-12-22(21)27-18(25)5/h7-13,24,28H,3,5-6,14H2,1-2,4H3. The van der Waals surface area contributed by atoms with Crippen molar-refractivity contribution in [3.05, 3.63) is 87.0 Å². The summed E-state index contributed by atoms with van der Waals surface area (Å²) in [5.74, 6) is 0. The molecule has 1 N–H and O–H groups in total. The lowest BCUT2D eigenvalue weighted by Crippen LogP contribution is -2.37. The van der Waals surface area contributed by atoms with Crippen molar-refractivity contribution in [2.45, 2.75) is 39.7 Å². The quantitative estimate of drug-likeness (QED) is 0.674. The summed E-state index contributed by atoms with van der Waals surface area (Å²) in [7, 11) is 0. The van der Waals surface area contributed by atoms with E-state index in [1.54, 1.807) is 0 Å². The molecule has 0 saturated carbocycles. The van der Waals surface area contributed by atoms with E-state index in [1.807, 2.05) is 18.2 Å². The molecule has 1 aliphatic heterocycles. The van der Waals surface area contributed by atoms with Gasteiger partial charge in [0.1, 0.15) is 0 Å². The zero-order chi connectivity index (χ0) is 20.7. The topological polar surface area (TPSA) is 28.2 Å². The van der Waals surface area contributed by atoms with Crippen LogP contribution in [0.25, 0.3) is 23.2 Å². The van der Waals surface area contributed by atoms with Crippen LogP contribution in [-0.4, -0.2) is 9.99 Å². The second-order valence-electron chi connectivity index (χ2n) is 7.73. The number of hydrogen-bond donors (Lipinski definition) is 1. The summed E-state index contributed by atoms with van der Waals surface area (Å²) in [6.07, 6.45) is 1.73. The van der Waals surface area contributed by atoms with Crippen LogP contribution in [0.5, 0.6) is 0 Å². The first kappa shape index (κ1) is 19.5. The number of rotatable bonds is 3. The molecule has 0 spiro atoms. The maximum absolute atomic E-state index is 6.26. The predicted octanol–water partition coefficient (Wildman–Crippen LogP) is 4.90. The molecule has 0 bridgehead atoms. The van der Waals surface area contributed by atoms with Gasteiger partial charge < -0.3 is 5.43 Å². The number of hydrogen-bond acceptors (Lipinski definition) is 3. The molecule has 1 aliphatic rings. The van der Waals surface area contributed by atoms with Crippen LogP contribution in [0.2, 0.25) is 5.02 Å². The largest absolute Gasteiger partial charge is 0.301 e. The van der Waals surface area contributed by atoms with Crippen molar-refractivity contribution < 1.29 is 0 Å². The summed E-state index contributed by atoms with van der Waals surface area (Å²) in [5, 5.41) is 5.83. The van der Waals surface area contributed by atoms with Gasteiger partial charge in [0.25, 0.3) is 0 Å². The fourth-order valence-electron chi connectivity index (χ4n) is 4.10. The van der Waals surface area contributed by atoms with Gasteiger partial charge in [-0.15, -0.1) is 0 Å². The van der Waals surface area contributed by atoms with Crippen molar-refractivity contribution in [1.82, 2.24) is 15.4 Å². The van der Waals surface area contributed by atoms with E-state index in [1.165, 1.54) is 11.1 Å². The van der Waals surface area contributed by atoms with Gasteiger partial charge in [-0.05, 0) is 49.6 Å². The van der Waals surface area contributed by atoms with Crippen LogP contribution in [0.15, 0.2) is 54.7 Å². The summed E-state index contributed by atoms with van der Waals surface area (Å²) in [6, 6.07) is 14.7. The third-order valence-corrected chi connectivity index (χ3v) is 5.99. The average Bonchev–Trinajstić information content (AvgIpc) is 3.13. The predicted molar refractivity (Wildman–Crippen MR) is 123 cm³/mol. The Hall–Kier alpha value is -2.78. The molecule has 3 aromatic rings. The number of aromatic nitrogens is 1. The fourth-order valence-corrected chi connectivity index (χ4v) is 4.27. The molecule has 2 heterocycles. The van der Waals surface area contributed by atoms with Gasteiger partial charge in [0.05, 0.1) is 16.9 Å². The van der Waals surface area contributed by atoms with Gasteiger partial charge in [-0.1, -0.05) is 61.5 Å². The van der Waals surface area contributed by atoms with Crippen LogP contribution in [0, 0.1) is 13.8 Å².